The molecule has 0 radical (unpaired) electrons. The van der Waals surface area contributed by atoms with Crippen LogP contribution in [0.4, 0.5) is 0 Å². The Morgan fingerprint density at radius 2 is 1.92 bits per heavy atom. The fourth-order valence-corrected chi connectivity index (χ4v) is 3.49. The normalized spacial score (nSPS) is 11.1. The number of carbonyl (C=O) groups excluding carboxylic acids is 1. The third-order valence-corrected chi connectivity index (χ3v) is 5.24. The number of fused-ring (bicyclic) bond motifs is 1. The van der Waals surface area contributed by atoms with Gasteiger partial charge in [0.2, 0.25) is 5.91 Å². The van der Waals surface area contributed by atoms with Crippen LogP contribution >= 0.6 is 38.5 Å². The molecule has 3 aromatic rings. The Kier molecular flexibility index (Phi) is 5.70. The molecule has 0 aliphatic heterocycles. The van der Waals surface area contributed by atoms with Crippen LogP contribution in [0.3, 0.4) is 0 Å². The van der Waals surface area contributed by atoms with Gasteiger partial charge in [-0.1, -0.05) is 46.3 Å². The first-order valence-corrected chi connectivity index (χ1v) is 9.38. The number of hydrazone groups is 1. The van der Waals surface area contributed by atoms with Crippen molar-refractivity contribution in [2.75, 3.05) is 0 Å². The first-order valence-electron chi connectivity index (χ1n) is 7.51. The van der Waals surface area contributed by atoms with Crippen LogP contribution in [0, 0.1) is 3.57 Å². The Balaban J connectivity index is 1.70. The average Bonchev–Trinajstić information content (AvgIpc) is 2.61. The molecule has 0 bridgehead atoms. The SMILES string of the molecule is O=C(Cc1ccc(Br)c2ccccc12)N/N=C\c1ccc(O)c(I)c1. The number of carbonyl (C=O) groups is 1. The summed E-state index contributed by atoms with van der Waals surface area (Å²) in [4.78, 5) is 12.2. The number of hydrogen-bond donors (Lipinski definition) is 2. The lowest BCUT2D eigenvalue weighted by atomic mass is 10.0. The van der Waals surface area contributed by atoms with Gasteiger partial charge in [-0.05, 0) is 68.8 Å². The fraction of sp³-hybridized carbons (Fsp3) is 0.0526. The molecule has 0 heterocycles. The molecule has 0 aromatic heterocycles. The number of rotatable bonds is 4. The number of amides is 1. The Labute approximate surface area is 167 Å². The zero-order valence-corrected chi connectivity index (χ0v) is 16.8. The molecule has 3 rings (SSSR count). The molecular weight excluding hydrogens is 495 g/mol. The van der Waals surface area contributed by atoms with Gasteiger partial charge in [0.1, 0.15) is 5.75 Å². The quantitative estimate of drug-likeness (QED) is 0.307. The summed E-state index contributed by atoms with van der Waals surface area (Å²) in [6, 6.07) is 17.0. The second-order valence-electron chi connectivity index (χ2n) is 5.43. The lowest BCUT2D eigenvalue weighted by Gasteiger charge is -2.07. The highest BCUT2D eigenvalue weighted by molar-refractivity contribution is 14.1. The molecule has 6 heteroatoms. The number of phenolic OH excluding ortho intramolecular Hbond substituents is 1. The van der Waals surface area contributed by atoms with Crippen molar-refractivity contribution in [3.05, 3.63) is 73.8 Å². The van der Waals surface area contributed by atoms with E-state index in [2.05, 4.69) is 26.5 Å². The minimum absolute atomic E-state index is 0.183. The summed E-state index contributed by atoms with van der Waals surface area (Å²) >= 11 is 5.57. The first kappa shape index (κ1) is 17.9. The van der Waals surface area contributed by atoms with Crippen LogP contribution in [-0.4, -0.2) is 17.2 Å². The predicted molar refractivity (Wildman–Crippen MR) is 112 cm³/mol. The van der Waals surface area contributed by atoms with Crippen LogP contribution < -0.4 is 5.43 Å². The molecule has 2 N–H and O–H groups in total. The standard InChI is InChI=1S/C19H14BrIN2O2/c20-16-7-6-13(14-3-1-2-4-15(14)16)10-19(25)23-22-11-12-5-8-18(24)17(21)9-12/h1-9,11,24H,10H2,(H,23,25)/b22-11-. The Morgan fingerprint density at radius 3 is 2.68 bits per heavy atom. The van der Waals surface area contributed by atoms with Crippen LogP contribution in [-0.2, 0) is 11.2 Å². The second kappa shape index (κ2) is 7.97. The third-order valence-electron chi connectivity index (χ3n) is 3.69. The van der Waals surface area contributed by atoms with Crippen LogP contribution in [0.2, 0.25) is 0 Å². The molecule has 4 nitrogen and oxygen atoms in total. The van der Waals surface area contributed by atoms with E-state index in [1.807, 2.05) is 59.0 Å². The van der Waals surface area contributed by atoms with Crippen molar-refractivity contribution in [1.29, 1.82) is 0 Å². The van der Waals surface area contributed by atoms with E-state index in [9.17, 15) is 9.90 Å². The smallest absolute Gasteiger partial charge is 0.244 e. The molecule has 0 aliphatic carbocycles. The number of halogens is 2. The maximum atomic E-state index is 12.2. The molecule has 0 unspecified atom stereocenters. The van der Waals surface area contributed by atoms with Crippen LogP contribution in [0.5, 0.6) is 5.75 Å². The molecule has 3 aromatic carbocycles. The van der Waals surface area contributed by atoms with Gasteiger partial charge in [-0.2, -0.15) is 5.10 Å². The molecular formula is C19H14BrIN2O2. The van der Waals surface area contributed by atoms with Gasteiger partial charge in [0.05, 0.1) is 16.2 Å². The Bertz CT molecular complexity index is 973. The molecule has 126 valence electrons. The van der Waals surface area contributed by atoms with E-state index in [0.717, 1.165) is 29.9 Å². The lowest BCUT2D eigenvalue weighted by molar-refractivity contribution is -0.120. The summed E-state index contributed by atoms with van der Waals surface area (Å²) < 4.78 is 1.74. The Hall–Kier alpha value is -1.93. The number of phenols is 1. The van der Waals surface area contributed by atoms with Crippen molar-refractivity contribution in [3.63, 3.8) is 0 Å². The highest BCUT2D eigenvalue weighted by Gasteiger charge is 2.08. The fourth-order valence-electron chi connectivity index (χ4n) is 2.47. The van der Waals surface area contributed by atoms with Crippen molar-refractivity contribution in [2.45, 2.75) is 6.42 Å². The molecule has 1 amide bonds. The zero-order valence-electron chi connectivity index (χ0n) is 13.0. The van der Waals surface area contributed by atoms with Crippen molar-refractivity contribution in [1.82, 2.24) is 5.43 Å². The zero-order chi connectivity index (χ0) is 17.8. The van der Waals surface area contributed by atoms with Crippen LogP contribution in [0.1, 0.15) is 11.1 Å². The van der Waals surface area contributed by atoms with E-state index >= 15 is 0 Å². The van der Waals surface area contributed by atoms with Gasteiger partial charge in [0, 0.05) is 4.47 Å². The maximum absolute atomic E-state index is 12.2. The highest BCUT2D eigenvalue weighted by atomic mass is 127. The molecule has 0 fully saturated rings. The molecule has 0 spiro atoms. The number of benzene rings is 3. The molecule has 0 saturated carbocycles. The minimum Gasteiger partial charge on any atom is -0.507 e. The van der Waals surface area contributed by atoms with Gasteiger partial charge in [0.15, 0.2) is 0 Å². The topological polar surface area (TPSA) is 61.7 Å². The van der Waals surface area contributed by atoms with Crippen molar-refractivity contribution in [3.8, 4) is 5.75 Å². The largest absolute Gasteiger partial charge is 0.507 e. The average molecular weight is 509 g/mol. The van der Waals surface area contributed by atoms with E-state index in [0.29, 0.717) is 0 Å². The van der Waals surface area contributed by atoms with Crippen molar-refractivity contribution < 1.29 is 9.90 Å². The van der Waals surface area contributed by atoms with E-state index in [4.69, 9.17) is 0 Å². The van der Waals surface area contributed by atoms with E-state index in [-0.39, 0.29) is 18.1 Å². The van der Waals surface area contributed by atoms with E-state index in [1.54, 1.807) is 24.4 Å². The van der Waals surface area contributed by atoms with Gasteiger partial charge in [-0.25, -0.2) is 5.43 Å². The monoisotopic (exact) mass is 508 g/mol. The second-order valence-corrected chi connectivity index (χ2v) is 7.45. The van der Waals surface area contributed by atoms with E-state index < -0.39 is 0 Å². The molecule has 0 aliphatic rings. The van der Waals surface area contributed by atoms with Crippen LogP contribution in [0.15, 0.2) is 64.2 Å². The summed E-state index contributed by atoms with van der Waals surface area (Å²) in [6.07, 6.45) is 1.80. The molecule has 0 saturated heterocycles. The van der Waals surface area contributed by atoms with E-state index in [1.165, 1.54) is 0 Å². The molecule has 0 atom stereocenters. The number of nitrogens with zero attached hydrogens (tertiary/aromatic N) is 1. The maximum Gasteiger partial charge on any atom is 0.244 e. The summed E-state index contributed by atoms with van der Waals surface area (Å²) in [5.74, 6) is 0.0427. The summed E-state index contributed by atoms with van der Waals surface area (Å²) in [5, 5.41) is 15.6. The van der Waals surface area contributed by atoms with Crippen molar-refractivity contribution in [2.24, 2.45) is 5.10 Å². The third kappa shape index (κ3) is 4.38. The summed E-state index contributed by atoms with van der Waals surface area (Å²) in [6.45, 7) is 0. The lowest BCUT2D eigenvalue weighted by Crippen LogP contribution is -2.19. The predicted octanol–water partition coefficient (Wildman–Crippen LogP) is 4.61. The van der Waals surface area contributed by atoms with Crippen molar-refractivity contribution >= 4 is 61.4 Å². The highest BCUT2D eigenvalue weighted by Crippen LogP contribution is 2.27. The Morgan fingerprint density at radius 1 is 1.16 bits per heavy atom. The van der Waals surface area contributed by atoms with Gasteiger partial charge in [0.25, 0.3) is 0 Å². The molecule has 25 heavy (non-hydrogen) atoms. The minimum atomic E-state index is -0.183. The van der Waals surface area contributed by atoms with Gasteiger partial charge in [-0.3, -0.25) is 4.79 Å². The number of hydrogen-bond acceptors (Lipinski definition) is 3. The number of aromatic hydroxyl groups is 1. The van der Waals surface area contributed by atoms with Gasteiger partial charge < -0.3 is 5.11 Å². The van der Waals surface area contributed by atoms with Crippen LogP contribution in [0.25, 0.3) is 10.8 Å². The van der Waals surface area contributed by atoms with Gasteiger partial charge in [-0.15, -0.1) is 0 Å². The summed E-state index contributed by atoms with van der Waals surface area (Å²) in [7, 11) is 0. The number of nitrogens with one attached hydrogen (secondary N) is 1. The van der Waals surface area contributed by atoms with Gasteiger partial charge >= 0.3 is 0 Å². The first-order chi connectivity index (χ1) is 12.0. The summed E-state index contributed by atoms with van der Waals surface area (Å²) in [5.41, 5.74) is 4.30.